The first-order valence-electron chi connectivity index (χ1n) is 1.11. The van der Waals surface area contributed by atoms with E-state index >= 15 is 0 Å². The van der Waals surface area contributed by atoms with Gasteiger partial charge in [0.25, 0.3) is 0 Å². The van der Waals surface area contributed by atoms with Crippen LogP contribution in [0, 0.1) is 0 Å². The Morgan fingerprint density at radius 3 is 1.12 bits per heavy atom. The second kappa shape index (κ2) is 190. The van der Waals surface area contributed by atoms with Crippen LogP contribution in [0.4, 0.5) is 0 Å². The van der Waals surface area contributed by atoms with E-state index in [2.05, 4.69) is 12.2 Å². The number of carbonyl (C=O) groups excluding carboxylic acids is 4. The van der Waals surface area contributed by atoms with Crippen LogP contribution >= 0.6 is 12.2 Å². The van der Waals surface area contributed by atoms with Crippen LogP contribution in [0.5, 0.6) is 0 Å². The number of thiocarbonyl (C=S) groups is 1. The molecule has 0 aliphatic rings. The molecule has 0 bridgehead atoms. The first-order chi connectivity index (χ1) is 3.83. The highest BCUT2D eigenvalue weighted by Crippen LogP contribution is 1.14. The Labute approximate surface area is 50.5 Å². The van der Waals surface area contributed by atoms with Crippen LogP contribution in [-0.4, -0.2) is 18.2 Å². The van der Waals surface area contributed by atoms with Gasteiger partial charge in [-0.3, -0.25) is 0 Å². The fourth-order valence-corrected chi connectivity index (χ4v) is 0. The summed E-state index contributed by atoms with van der Waals surface area (Å²) in [5.41, 5.74) is 0. The van der Waals surface area contributed by atoms with Gasteiger partial charge in [0, 0.05) is 12.2 Å². The summed E-state index contributed by atoms with van der Waals surface area (Å²) in [5.74, 6) is 0. The van der Waals surface area contributed by atoms with E-state index in [9.17, 15) is 0 Å². The molecule has 0 rings (SSSR count). The van der Waals surface area contributed by atoms with E-state index in [1.165, 1.54) is 0 Å². The predicted octanol–water partition coefficient (Wildman–Crippen LogP) is -0.517. The average molecular weight is 134 g/mol. The molecular weight excluding hydrogens is 132 g/mol. The molecule has 0 aromatic heterocycles. The minimum absolute atomic E-state index is 0.250. The lowest BCUT2D eigenvalue weighted by Gasteiger charge is -0.970. The lowest BCUT2D eigenvalue weighted by atomic mass is 11.8. The van der Waals surface area contributed by atoms with Gasteiger partial charge < -0.3 is 4.79 Å². The van der Waals surface area contributed by atoms with Crippen LogP contribution in [0.25, 0.3) is 0 Å². The molecule has 0 aliphatic carbocycles. The summed E-state index contributed by atoms with van der Waals surface area (Å²) in [4.78, 5) is 32.7. The first-order valence-corrected chi connectivity index (χ1v) is 1.51. The van der Waals surface area contributed by atoms with E-state index in [4.69, 9.17) is 19.2 Å². The van der Waals surface area contributed by atoms with Gasteiger partial charge in [0.2, 0.25) is 5.23 Å². The van der Waals surface area contributed by atoms with Crippen LogP contribution in [-0.2, 0) is 19.2 Å². The molecular formula is C3H2O4S. The molecule has 0 saturated heterocycles. The topological polar surface area (TPSA) is 68.3 Å². The minimum Gasteiger partial charge on any atom is -0.307 e. The Bertz CT molecular complexity index is 75.5. The molecule has 0 atom stereocenters. The van der Waals surface area contributed by atoms with Crippen molar-refractivity contribution < 1.29 is 19.2 Å². The fraction of sp³-hybridized carbons (Fsp3) is 0. The van der Waals surface area contributed by atoms with Crippen LogP contribution in [0.3, 0.4) is 0 Å². The highest BCUT2D eigenvalue weighted by atomic mass is 32.1. The molecule has 0 saturated carbocycles. The smallest absolute Gasteiger partial charge is 0.307 e. The summed E-state index contributed by atoms with van der Waals surface area (Å²) >= 11 is 3.59. The molecule has 0 unspecified atom stereocenters. The van der Waals surface area contributed by atoms with Crippen molar-refractivity contribution in [3.05, 3.63) is 0 Å². The molecule has 0 radical (unpaired) electrons. The van der Waals surface area contributed by atoms with E-state index in [0.717, 1.165) is 5.23 Å². The third-order valence-electron chi connectivity index (χ3n) is 0. The standard InChI is InChI=1S/CO2.COS.CH2O/c2*2-1-3;1-2/h;;1H2. The number of carbonyl (C=O) groups is 1. The number of hydrogen-bond donors (Lipinski definition) is 0. The Morgan fingerprint density at radius 1 is 1.12 bits per heavy atom. The van der Waals surface area contributed by atoms with E-state index in [-0.39, 0.29) is 6.15 Å². The van der Waals surface area contributed by atoms with Crippen LogP contribution in [0.15, 0.2) is 0 Å². The van der Waals surface area contributed by atoms with Crippen molar-refractivity contribution in [3.8, 4) is 0 Å². The zero-order valence-electron chi connectivity index (χ0n) is 3.75. The molecule has 0 aromatic carbocycles. The molecule has 0 aromatic rings. The van der Waals surface area contributed by atoms with Gasteiger partial charge >= 0.3 is 6.15 Å². The van der Waals surface area contributed by atoms with Crippen molar-refractivity contribution in [1.82, 2.24) is 0 Å². The zero-order valence-corrected chi connectivity index (χ0v) is 4.56. The van der Waals surface area contributed by atoms with Crippen molar-refractivity contribution in [2.45, 2.75) is 0 Å². The van der Waals surface area contributed by atoms with Gasteiger partial charge in [-0.25, -0.2) is 4.79 Å². The highest BCUT2D eigenvalue weighted by molar-refractivity contribution is 7.78. The van der Waals surface area contributed by atoms with E-state index < -0.39 is 0 Å². The largest absolute Gasteiger partial charge is 0.373 e. The summed E-state index contributed by atoms with van der Waals surface area (Å²) in [7, 11) is 0. The van der Waals surface area contributed by atoms with Gasteiger partial charge in [-0.2, -0.15) is 9.59 Å². The first kappa shape index (κ1) is 15.8. The van der Waals surface area contributed by atoms with Crippen LogP contribution < -0.4 is 0 Å². The molecule has 4 nitrogen and oxygen atoms in total. The SMILES string of the molecule is C=O.O=C=O.O=C=S. The third-order valence-corrected chi connectivity index (χ3v) is 0. The molecule has 0 spiro atoms. The number of hydrogen-bond acceptors (Lipinski definition) is 5. The maximum Gasteiger partial charge on any atom is 0.373 e. The summed E-state index contributed by atoms with van der Waals surface area (Å²) in [5, 5.41) is 1.08. The average Bonchev–Trinajstić information content (AvgIpc) is 1.75. The van der Waals surface area contributed by atoms with Crippen molar-refractivity contribution in [2.75, 3.05) is 0 Å². The normalized spacial score (nSPS) is 2.50. The van der Waals surface area contributed by atoms with E-state index in [0.29, 0.717) is 0 Å². The molecule has 0 fully saturated rings. The minimum atomic E-state index is 0.250. The molecule has 0 aliphatic heterocycles. The van der Waals surface area contributed by atoms with E-state index in [1.807, 2.05) is 6.79 Å². The molecule has 8 heavy (non-hydrogen) atoms. The van der Waals surface area contributed by atoms with Gasteiger partial charge in [0.1, 0.15) is 6.79 Å². The Morgan fingerprint density at radius 2 is 1.12 bits per heavy atom. The summed E-state index contributed by atoms with van der Waals surface area (Å²) in [6.45, 7) is 2.00. The summed E-state index contributed by atoms with van der Waals surface area (Å²) < 4.78 is 0. The highest BCUT2D eigenvalue weighted by Gasteiger charge is 1.13. The second-order valence-electron chi connectivity index (χ2n) is 0.167. The summed E-state index contributed by atoms with van der Waals surface area (Å²) in [6, 6.07) is 0. The molecule has 0 N–H and O–H groups in total. The Kier molecular flexibility index (Phi) is 377. The molecule has 44 valence electrons. The Balaban J connectivity index is -0.0000000483. The van der Waals surface area contributed by atoms with Gasteiger partial charge in [-0.15, -0.1) is 0 Å². The lowest BCUT2D eigenvalue weighted by Crippen LogP contribution is -1.22. The third kappa shape index (κ3) is 54.4. The maximum absolute atomic E-state index is 8.50. The Hall–Kier alpha value is -1.15. The quantitative estimate of drug-likeness (QED) is 0.417. The van der Waals surface area contributed by atoms with Gasteiger partial charge in [-0.1, -0.05) is 0 Å². The van der Waals surface area contributed by atoms with E-state index in [1.54, 1.807) is 0 Å². The fourth-order valence-electron chi connectivity index (χ4n) is 0. The number of rotatable bonds is 0. The van der Waals surface area contributed by atoms with Crippen LogP contribution in [0.2, 0.25) is 0 Å². The maximum atomic E-state index is 8.50. The lowest BCUT2D eigenvalue weighted by molar-refractivity contribution is -0.191. The van der Waals surface area contributed by atoms with Crippen molar-refractivity contribution in [2.24, 2.45) is 0 Å². The van der Waals surface area contributed by atoms with Gasteiger partial charge in [-0.05, 0) is 0 Å². The summed E-state index contributed by atoms with van der Waals surface area (Å²) in [6.07, 6.45) is 0.250. The molecule has 5 heteroatoms. The monoisotopic (exact) mass is 134 g/mol. The molecule has 0 heterocycles. The molecule has 0 amide bonds. The van der Waals surface area contributed by atoms with Crippen molar-refractivity contribution in [1.29, 1.82) is 0 Å². The van der Waals surface area contributed by atoms with Crippen LogP contribution in [0.1, 0.15) is 0 Å². The zero-order chi connectivity index (χ0) is 7.41. The van der Waals surface area contributed by atoms with Crippen molar-refractivity contribution in [3.63, 3.8) is 0 Å². The second-order valence-corrected chi connectivity index (χ2v) is 0.333. The van der Waals surface area contributed by atoms with Crippen molar-refractivity contribution >= 4 is 30.4 Å². The predicted molar refractivity (Wildman–Crippen MR) is 25.4 cm³/mol. The van der Waals surface area contributed by atoms with Gasteiger partial charge in [0.15, 0.2) is 0 Å². The van der Waals surface area contributed by atoms with Gasteiger partial charge in [0.05, 0.1) is 0 Å².